The highest BCUT2D eigenvalue weighted by Crippen LogP contribution is 2.28. The van der Waals surface area contributed by atoms with Crippen molar-refractivity contribution in [1.29, 1.82) is 0 Å². The molecule has 0 atom stereocenters. The summed E-state index contributed by atoms with van der Waals surface area (Å²) in [5, 5.41) is 11.9. The van der Waals surface area contributed by atoms with Crippen molar-refractivity contribution in [2.45, 2.75) is 13.8 Å². The summed E-state index contributed by atoms with van der Waals surface area (Å²) >= 11 is 0. The molecule has 0 bridgehead atoms. The molecule has 0 saturated heterocycles. The Morgan fingerprint density at radius 3 is 2.90 bits per heavy atom. The number of hydrogen-bond acceptors (Lipinski definition) is 4. The molecule has 0 radical (unpaired) electrons. The molecule has 0 unspecified atom stereocenters. The molecule has 98 valence electrons. The first-order chi connectivity index (χ1) is 9.74. The van der Waals surface area contributed by atoms with Crippen LogP contribution in [0, 0.1) is 13.8 Å². The lowest BCUT2D eigenvalue weighted by Crippen LogP contribution is -2.00. The van der Waals surface area contributed by atoms with E-state index in [1.807, 2.05) is 29.8 Å². The average Bonchev–Trinajstić information content (AvgIpc) is 3.05. The van der Waals surface area contributed by atoms with E-state index in [0.29, 0.717) is 0 Å². The zero-order valence-corrected chi connectivity index (χ0v) is 11.1. The molecule has 4 rings (SSSR count). The van der Waals surface area contributed by atoms with Gasteiger partial charge >= 0.3 is 0 Å². The fourth-order valence-corrected chi connectivity index (χ4v) is 2.55. The minimum atomic E-state index is 0.743. The van der Waals surface area contributed by atoms with Crippen LogP contribution in [0.25, 0.3) is 22.6 Å². The molecule has 4 heterocycles. The summed E-state index contributed by atoms with van der Waals surface area (Å²) in [5.74, 6) is 0. The fourth-order valence-electron chi connectivity index (χ4n) is 2.55. The van der Waals surface area contributed by atoms with E-state index in [9.17, 15) is 0 Å². The number of pyridine rings is 2. The van der Waals surface area contributed by atoms with Gasteiger partial charge in [0.2, 0.25) is 0 Å². The maximum atomic E-state index is 4.46. The van der Waals surface area contributed by atoms with Crippen LogP contribution in [-0.4, -0.2) is 29.4 Å². The maximum absolute atomic E-state index is 4.46. The summed E-state index contributed by atoms with van der Waals surface area (Å²) in [5.41, 5.74) is 5.93. The van der Waals surface area contributed by atoms with Crippen LogP contribution < -0.4 is 0 Å². The molecule has 6 heteroatoms. The number of aromatic nitrogens is 6. The predicted molar refractivity (Wildman–Crippen MR) is 74.4 cm³/mol. The Morgan fingerprint density at radius 1 is 1.10 bits per heavy atom. The van der Waals surface area contributed by atoms with E-state index in [1.54, 1.807) is 10.7 Å². The molecular formula is C14H12N6. The number of imidazole rings is 1. The number of aryl methyl sites for hydroxylation is 2. The van der Waals surface area contributed by atoms with Crippen LogP contribution in [-0.2, 0) is 0 Å². The fraction of sp³-hybridized carbons (Fsp3) is 0.143. The molecule has 0 aliphatic rings. The normalized spacial score (nSPS) is 11.5. The molecule has 4 aromatic heterocycles. The summed E-state index contributed by atoms with van der Waals surface area (Å²) in [6.45, 7) is 4.11. The van der Waals surface area contributed by atoms with Gasteiger partial charge in [0.05, 0.1) is 5.69 Å². The van der Waals surface area contributed by atoms with Crippen LogP contribution in [0.3, 0.4) is 0 Å². The van der Waals surface area contributed by atoms with Gasteiger partial charge in [0.15, 0.2) is 5.65 Å². The average molecular weight is 264 g/mol. The summed E-state index contributed by atoms with van der Waals surface area (Å²) in [6, 6.07) is 6.12. The zero-order valence-electron chi connectivity index (χ0n) is 11.1. The topological polar surface area (TPSA) is 60.4 Å². The van der Waals surface area contributed by atoms with Crippen molar-refractivity contribution in [1.82, 2.24) is 29.4 Å². The van der Waals surface area contributed by atoms with Gasteiger partial charge in [0, 0.05) is 24.2 Å². The second kappa shape index (κ2) is 3.86. The van der Waals surface area contributed by atoms with Crippen molar-refractivity contribution in [3.63, 3.8) is 0 Å². The van der Waals surface area contributed by atoms with Crippen LogP contribution in [0.15, 0.2) is 36.8 Å². The quantitative estimate of drug-likeness (QED) is 0.528. The van der Waals surface area contributed by atoms with Crippen LogP contribution in [0.1, 0.15) is 11.1 Å². The maximum Gasteiger partial charge on any atom is 0.180 e. The molecule has 4 aromatic rings. The highest BCUT2D eigenvalue weighted by atomic mass is 15.5. The van der Waals surface area contributed by atoms with Crippen molar-refractivity contribution >= 4 is 11.3 Å². The summed E-state index contributed by atoms with van der Waals surface area (Å²) in [4.78, 5) is 4.46. The SMILES string of the molecule is Cc1cc(-c2c(C)ccn3ccnc23)n2nnnc2c1. The first-order valence-corrected chi connectivity index (χ1v) is 6.35. The van der Waals surface area contributed by atoms with E-state index in [-0.39, 0.29) is 0 Å². The highest BCUT2D eigenvalue weighted by Gasteiger charge is 2.14. The standard InChI is InChI=1S/C14H12N6/c1-9-7-11(20-12(8-9)16-17-18-20)13-10(2)3-5-19-6-4-15-14(13)19/h3-8H,1-2H3. The molecule has 0 fully saturated rings. The summed E-state index contributed by atoms with van der Waals surface area (Å²) in [6.07, 6.45) is 5.74. The van der Waals surface area contributed by atoms with Gasteiger partial charge in [0.1, 0.15) is 5.65 Å². The van der Waals surface area contributed by atoms with E-state index in [2.05, 4.69) is 39.6 Å². The Bertz CT molecular complexity index is 933. The smallest absolute Gasteiger partial charge is 0.180 e. The van der Waals surface area contributed by atoms with Crippen molar-refractivity contribution in [2.75, 3.05) is 0 Å². The molecule has 6 nitrogen and oxygen atoms in total. The van der Waals surface area contributed by atoms with Crippen molar-refractivity contribution < 1.29 is 0 Å². The molecule has 0 aliphatic carbocycles. The third-order valence-corrected chi connectivity index (χ3v) is 3.47. The molecular weight excluding hydrogens is 252 g/mol. The highest BCUT2D eigenvalue weighted by molar-refractivity contribution is 5.79. The number of hydrogen-bond donors (Lipinski definition) is 0. The van der Waals surface area contributed by atoms with Gasteiger partial charge in [-0.25, -0.2) is 4.98 Å². The molecule has 0 amide bonds. The minimum Gasteiger partial charge on any atom is -0.307 e. The second-order valence-electron chi connectivity index (χ2n) is 4.90. The van der Waals surface area contributed by atoms with Crippen LogP contribution in [0.2, 0.25) is 0 Å². The Hall–Kier alpha value is -2.76. The molecule has 20 heavy (non-hydrogen) atoms. The molecule has 0 aromatic carbocycles. The van der Waals surface area contributed by atoms with Gasteiger partial charge in [-0.3, -0.25) is 0 Å². The third-order valence-electron chi connectivity index (χ3n) is 3.47. The summed E-state index contributed by atoms with van der Waals surface area (Å²) in [7, 11) is 0. The van der Waals surface area contributed by atoms with Crippen molar-refractivity contribution in [2.24, 2.45) is 0 Å². The number of fused-ring (bicyclic) bond motifs is 2. The first kappa shape index (κ1) is 11.1. The first-order valence-electron chi connectivity index (χ1n) is 6.35. The number of tetrazole rings is 1. The van der Waals surface area contributed by atoms with Crippen LogP contribution >= 0.6 is 0 Å². The molecule has 0 spiro atoms. The Labute approximate surface area is 114 Å². The lowest BCUT2D eigenvalue weighted by molar-refractivity contribution is 0.827. The van der Waals surface area contributed by atoms with E-state index in [4.69, 9.17) is 0 Å². The Kier molecular flexibility index (Phi) is 2.14. The minimum absolute atomic E-state index is 0.743. The molecule has 0 saturated carbocycles. The zero-order chi connectivity index (χ0) is 13.7. The third kappa shape index (κ3) is 1.45. The Morgan fingerprint density at radius 2 is 2.00 bits per heavy atom. The van der Waals surface area contributed by atoms with Crippen molar-refractivity contribution in [3.8, 4) is 11.3 Å². The van der Waals surface area contributed by atoms with E-state index < -0.39 is 0 Å². The van der Waals surface area contributed by atoms with E-state index >= 15 is 0 Å². The number of nitrogens with zero attached hydrogens (tertiary/aromatic N) is 6. The Balaban J connectivity index is 2.18. The van der Waals surface area contributed by atoms with Gasteiger partial charge in [-0.2, -0.15) is 4.52 Å². The largest absolute Gasteiger partial charge is 0.307 e. The van der Waals surface area contributed by atoms with Gasteiger partial charge in [-0.15, -0.1) is 5.10 Å². The van der Waals surface area contributed by atoms with Gasteiger partial charge in [0.25, 0.3) is 0 Å². The lowest BCUT2D eigenvalue weighted by atomic mass is 10.1. The van der Waals surface area contributed by atoms with Gasteiger partial charge in [-0.05, 0) is 53.6 Å². The predicted octanol–water partition coefficient (Wildman–Crippen LogP) is 2.06. The van der Waals surface area contributed by atoms with Gasteiger partial charge in [-0.1, -0.05) is 0 Å². The number of rotatable bonds is 1. The summed E-state index contributed by atoms with van der Waals surface area (Å²) < 4.78 is 3.75. The molecule has 0 aliphatic heterocycles. The lowest BCUT2D eigenvalue weighted by Gasteiger charge is -2.10. The molecule has 0 N–H and O–H groups in total. The van der Waals surface area contributed by atoms with Gasteiger partial charge < -0.3 is 4.40 Å². The van der Waals surface area contributed by atoms with Crippen LogP contribution in [0.4, 0.5) is 0 Å². The monoisotopic (exact) mass is 264 g/mol. The van der Waals surface area contributed by atoms with Crippen molar-refractivity contribution in [3.05, 3.63) is 47.9 Å². The van der Waals surface area contributed by atoms with E-state index in [0.717, 1.165) is 33.7 Å². The second-order valence-corrected chi connectivity index (χ2v) is 4.90. The van der Waals surface area contributed by atoms with E-state index in [1.165, 1.54) is 0 Å². The van der Waals surface area contributed by atoms with Crippen LogP contribution in [0.5, 0.6) is 0 Å².